The molecule has 25 heavy (non-hydrogen) atoms. The molecular formula is C20H18FN4. The first-order valence-electron chi connectivity index (χ1n) is 8.42. The predicted octanol–water partition coefficient (Wildman–Crippen LogP) is 4.01. The van der Waals surface area contributed by atoms with E-state index in [2.05, 4.69) is 26.6 Å². The topological polar surface area (TPSA) is 50.7 Å². The summed E-state index contributed by atoms with van der Waals surface area (Å²) in [6, 6.07) is 17.6. The monoisotopic (exact) mass is 333 g/mol. The predicted molar refractivity (Wildman–Crippen MR) is 94.5 cm³/mol. The van der Waals surface area contributed by atoms with Crippen molar-refractivity contribution in [3.63, 3.8) is 0 Å². The summed E-state index contributed by atoms with van der Waals surface area (Å²) in [5, 5.41) is 11.8. The van der Waals surface area contributed by atoms with Gasteiger partial charge in [-0.25, -0.2) is 4.39 Å². The summed E-state index contributed by atoms with van der Waals surface area (Å²) in [4.78, 5) is 4.28. The molecule has 3 aromatic rings. The van der Waals surface area contributed by atoms with E-state index in [1.165, 1.54) is 6.07 Å². The second kappa shape index (κ2) is 6.59. The van der Waals surface area contributed by atoms with Gasteiger partial charge in [-0.15, -0.1) is 10.2 Å². The van der Waals surface area contributed by atoms with Gasteiger partial charge < -0.3 is 5.32 Å². The highest BCUT2D eigenvalue weighted by atomic mass is 19.1. The quantitative estimate of drug-likeness (QED) is 0.766. The third-order valence-electron chi connectivity index (χ3n) is 4.85. The fourth-order valence-electron chi connectivity index (χ4n) is 3.27. The number of hydrogen-bond donors (Lipinski definition) is 1. The smallest absolute Gasteiger partial charge is 0.148 e. The minimum Gasteiger partial charge on any atom is -0.368 e. The average Bonchev–Trinajstić information content (AvgIpc) is 2.63. The van der Waals surface area contributed by atoms with E-state index in [0.29, 0.717) is 18.1 Å². The van der Waals surface area contributed by atoms with Crippen molar-refractivity contribution in [2.45, 2.75) is 24.7 Å². The summed E-state index contributed by atoms with van der Waals surface area (Å²) < 4.78 is 14.2. The molecule has 0 aliphatic heterocycles. The molecular weight excluding hydrogens is 315 g/mol. The van der Waals surface area contributed by atoms with Crippen LogP contribution in [0.3, 0.4) is 0 Å². The minimum atomic E-state index is -0.250. The lowest BCUT2D eigenvalue weighted by atomic mass is 9.66. The lowest BCUT2D eigenvalue weighted by Gasteiger charge is -2.41. The third kappa shape index (κ3) is 3.09. The van der Waals surface area contributed by atoms with Gasteiger partial charge in [0.15, 0.2) is 0 Å². The van der Waals surface area contributed by atoms with Crippen molar-refractivity contribution >= 4 is 5.82 Å². The molecule has 0 amide bonds. The van der Waals surface area contributed by atoms with E-state index in [1.807, 2.05) is 36.4 Å². The van der Waals surface area contributed by atoms with Crippen LogP contribution in [-0.4, -0.2) is 21.7 Å². The number of nitrogens with one attached hydrogen (secondary N) is 1. The lowest BCUT2D eigenvalue weighted by molar-refractivity contribution is 0.243. The molecule has 0 spiro atoms. The number of aromatic nitrogens is 3. The van der Waals surface area contributed by atoms with Crippen molar-refractivity contribution in [2.24, 2.45) is 0 Å². The number of anilines is 1. The maximum atomic E-state index is 14.2. The first-order chi connectivity index (χ1) is 12.3. The number of nitrogens with zero attached hydrogens (tertiary/aromatic N) is 3. The maximum absolute atomic E-state index is 14.2. The molecule has 4 nitrogen and oxygen atoms in total. The first kappa shape index (κ1) is 15.7. The molecule has 1 aliphatic rings. The highest BCUT2D eigenvalue weighted by Crippen LogP contribution is 2.43. The van der Waals surface area contributed by atoms with Crippen LogP contribution in [0.15, 0.2) is 54.7 Å². The molecule has 1 saturated carbocycles. The summed E-state index contributed by atoms with van der Waals surface area (Å²) in [6.45, 7) is 0.605. The van der Waals surface area contributed by atoms with Gasteiger partial charge in [0, 0.05) is 23.7 Å². The van der Waals surface area contributed by atoms with Crippen molar-refractivity contribution in [1.82, 2.24) is 15.2 Å². The van der Waals surface area contributed by atoms with Crippen molar-refractivity contribution < 1.29 is 4.39 Å². The summed E-state index contributed by atoms with van der Waals surface area (Å²) in [5.41, 5.74) is 2.09. The van der Waals surface area contributed by atoms with Crippen molar-refractivity contribution in [3.05, 3.63) is 72.3 Å². The van der Waals surface area contributed by atoms with E-state index in [1.54, 1.807) is 12.3 Å². The fourth-order valence-corrected chi connectivity index (χ4v) is 3.27. The summed E-state index contributed by atoms with van der Waals surface area (Å²) in [6.07, 6.45) is 4.61. The van der Waals surface area contributed by atoms with E-state index in [0.717, 1.165) is 30.5 Å². The van der Waals surface area contributed by atoms with Crippen LogP contribution in [0.5, 0.6) is 0 Å². The van der Waals surface area contributed by atoms with Crippen LogP contribution in [0.4, 0.5) is 10.2 Å². The number of benzene rings is 1. The molecule has 1 fully saturated rings. The van der Waals surface area contributed by atoms with Gasteiger partial charge in [0.2, 0.25) is 0 Å². The number of rotatable bonds is 5. The third-order valence-corrected chi connectivity index (χ3v) is 4.85. The zero-order valence-corrected chi connectivity index (χ0v) is 13.7. The largest absolute Gasteiger partial charge is 0.368 e. The Labute approximate surface area is 146 Å². The molecule has 125 valence electrons. The van der Waals surface area contributed by atoms with Gasteiger partial charge in [-0.05, 0) is 49.2 Å². The first-order valence-corrected chi connectivity index (χ1v) is 8.42. The Bertz CT molecular complexity index is 845. The highest BCUT2D eigenvalue weighted by molar-refractivity contribution is 5.59. The van der Waals surface area contributed by atoms with Crippen molar-refractivity contribution in [2.75, 3.05) is 11.9 Å². The van der Waals surface area contributed by atoms with Crippen LogP contribution in [0.2, 0.25) is 0 Å². The Morgan fingerprint density at radius 1 is 1.12 bits per heavy atom. The SMILES string of the molecule is Fc1cccnc1C1(CNc2ccc(-c3c[c]ccc3)nn2)CCC1. The van der Waals surface area contributed by atoms with Crippen molar-refractivity contribution in [3.8, 4) is 11.3 Å². The Morgan fingerprint density at radius 2 is 2.04 bits per heavy atom. The normalized spacial score (nSPS) is 15.4. The molecule has 1 aromatic carbocycles. The van der Waals surface area contributed by atoms with Gasteiger partial charge in [-0.1, -0.05) is 24.6 Å². The molecule has 0 atom stereocenters. The molecule has 1 N–H and O–H groups in total. The van der Waals surface area contributed by atoms with Crippen LogP contribution in [-0.2, 0) is 5.41 Å². The van der Waals surface area contributed by atoms with Gasteiger partial charge in [0.25, 0.3) is 0 Å². The Hall–Kier alpha value is -2.82. The molecule has 1 radical (unpaired) electrons. The molecule has 5 heteroatoms. The molecule has 2 heterocycles. The summed E-state index contributed by atoms with van der Waals surface area (Å²) >= 11 is 0. The van der Waals surface area contributed by atoms with Gasteiger partial charge in [0.1, 0.15) is 11.6 Å². The molecule has 1 aliphatic carbocycles. The Morgan fingerprint density at radius 3 is 2.68 bits per heavy atom. The lowest BCUT2D eigenvalue weighted by Crippen LogP contribution is -2.42. The number of pyridine rings is 1. The fraction of sp³-hybridized carbons (Fsp3) is 0.250. The van der Waals surface area contributed by atoms with Gasteiger partial charge in [-0.2, -0.15) is 0 Å². The van der Waals surface area contributed by atoms with E-state index in [9.17, 15) is 4.39 Å². The van der Waals surface area contributed by atoms with E-state index >= 15 is 0 Å². The highest BCUT2D eigenvalue weighted by Gasteiger charge is 2.41. The Balaban J connectivity index is 1.48. The van der Waals surface area contributed by atoms with Crippen LogP contribution < -0.4 is 5.32 Å². The number of halogens is 1. The van der Waals surface area contributed by atoms with Gasteiger partial charge in [0.05, 0.1) is 11.4 Å². The van der Waals surface area contributed by atoms with Crippen LogP contribution >= 0.6 is 0 Å². The zero-order chi connectivity index (χ0) is 17.1. The van der Waals surface area contributed by atoms with Gasteiger partial charge in [-0.3, -0.25) is 4.98 Å². The number of hydrogen-bond acceptors (Lipinski definition) is 4. The van der Waals surface area contributed by atoms with Crippen molar-refractivity contribution in [1.29, 1.82) is 0 Å². The van der Waals surface area contributed by atoms with E-state index < -0.39 is 0 Å². The summed E-state index contributed by atoms with van der Waals surface area (Å²) in [7, 11) is 0. The van der Waals surface area contributed by atoms with E-state index in [-0.39, 0.29) is 11.2 Å². The molecule has 2 aromatic heterocycles. The average molecular weight is 333 g/mol. The second-order valence-electron chi connectivity index (χ2n) is 6.42. The van der Waals surface area contributed by atoms with Gasteiger partial charge >= 0.3 is 0 Å². The van der Waals surface area contributed by atoms with Crippen LogP contribution in [0.1, 0.15) is 25.0 Å². The van der Waals surface area contributed by atoms with E-state index in [4.69, 9.17) is 0 Å². The van der Waals surface area contributed by atoms with Crippen LogP contribution in [0.25, 0.3) is 11.3 Å². The molecule has 0 saturated heterocycles. The molecule has 4 rings (SSSR count). The maximum Gasteiger partial charge on any atom is 0.148 e. The second-order valence-corrected chi connectivity index (χ2v) is 6.42. The zero-order valence-electron chi connectivity index (χ0n) is 13.7. The Kier molecular flexibility index (Phi) is 4.14. The molecule has 0 bridgehead atoms. The minimum absolute atomic E-state index is 0.231. The van der Waals surface area contributed by atoms with Crippen LogP contribution in [0, 0.1) is 11.9 Å². The summed E-state index contributed by atoms with van der Waals surface area (Å²) in [5.74, 6) is 0.456. The molecule has 0 unspecified atom stereocenters. The standard InChI is InChI=1S/C20H18FN4/c21-16-8-4-13-22-19(16)20(11-5-12-20)14-23-18-10-9-17(24-25-18)15-6-2-1-3-7-15/h1-2,4,6-10,13H,5,11-12,14H2,(H,23,25).